The van der Waals surface area contributed by atoms with E-state index < -0.39 is 0 Å². The Labute approximate surface area is 130 Å². The summed E-state index contributed by atoms with van der Waals surface area (Å²) in [5.41, 5.74) is 1.46. The molecule has 0 unspecified atom stereocenters. The summed E-state index contributed by atoms with van der Waals surface area (Å²) in [6.45, 7) is 7.02. The van der Waals surface area contributed by atoms with Gasteiger partial charge in [-0.1, -0.05) is 0 Å². The zero-order valence-corrected chi connectivity index (χ0v) is 12.8. The summed E-state index contributed by atoms with van der Waals surface area (Å²) in [6, 6.07) is 5.00. The maximum atomic E-state index is 13.4. The van der Waals surface area contributed by atoms with Gasteiger partial charge >= 0.3 is 0 Å². The van der Waals surface area contributed by atoms with Crippen molar-refractivity contribution in [3.05, 3.63) is 24.0 Å². The van der Waals surface area contributed by atoms with Crippen LogP contribution in [0.5, 0.6) is 0 Å². The summed E-state index contributed by atoms with van der Waals surface area (Å²) < 4.78 is 18.9. The van der Waals surface area contributed by atoms with Gasteiger partial charge in [0.15, 0.2) is 0 Å². The van der Waals surface area contributed by atoms with Gasteiger partial charge in [-0.05, 0) is 25.1 Å². The average Bonchev–Trinajstić information content (AvgIpc) is 2.64. The number of fused-ring (bicyclic) bond motifs is 1. The number of rotatable bonds is 3. The van der Waals surface area contributed by atoms with Gasteiger partial charge in [-0.15, -0.1) is 0 Å². The molecule has 1 atom stereocenters. The van der Waals surface area contributed by atoms with Crippen molar-refractivity contribution in [2.45, 2.75) is 19.4 Å². The maximum Gasteiger partial charge on any atom is 0.226 e. The molecule has 0 radical (unpaired) electrons. The zero-order chi connectivity index (χ0) is 15.5. The van der Waals surface area contributed by atoms with Crippen LogP contribution in [0.1, 0.15) is 13.3 Å². The molecule has 1 aromatic carbocycles. The number of morpholine rings is 1. The number of nitrogens with zero attached hydrogens (tertiary/aromatic N) is 2. The molecule has 1 N–H and O–H groups in total. The first-order valence-electron chi connectivity index (χ1n) is 7.79. The van der Waals surface area contributed by atoms with E-state index >= 15 is 0 Å². The standard InChI is InChI=1S/C16H22FN3O2/c1-12-11-22-9-8-19(12)6-7-20-5-4-16(21)18-14-10-13(17)2-3-15(14)20/h2-3,10,12H,4-9,11H2,1H3,(H,18,21)/t12-/m0/s1. The molecule has 1 amide bonds. The Bertz CT molecular complexity index is 552. The van der Waals surface area contributed by atoms with Gasteiger partial charge in [-0.2, -0.15) is 0 Å². The molecule has 2 aliphatic rings. The lowest BCUT2D eigenvalue weighted by Crippen LogP contribution is -2.47. The Hall–Kier alpha value is -1.66. The van der Waals surface area contributed by atoms with Gasteiger partial charge < -0.3 is 15.0 Å². The fourth-order valence-corrected chi connectivity index (χ4v) is 3.03. The van der Waals surface area contributed by atoms with Crippen molar-refractivity contribution in [2.75, 3.05) is 49.6 Å². The number of hydrogen-bond acceptors (Lipinski definition) is 4. The van der Waals surface area contributed by atoms with Crippen LogP contribution in [-0.2, 0) is 9.53 Å². The van der Waals surface area contributed by atoms with Gasteiger partial charge in [-0.25, -0.2) is 4.39 Å². The average molecular weight is 307 g/mol. The molecule has 5 nitrogen and oxygen atoms in total. The van der Waals surface area contributed by atoms with Gasteiger partial charge in [0.2, 0.25) is 5.91 Å². The third kappa shape index (κ3) is 3.39. The highest BCUT2D eigenvalue weighted by molar-refractivity contribution is 5.96. The second-order valence-corrected chi connectivity index (χ2v) is 5.91. The van der Waals surface area contributed by atoms with Crippen LogP contribution in [0.2, 0.25) is 0 Å². The Balaban J connectivity index is 1.72. The first-order chi connectivity index (χ1) is 10.6. The fraction of sp³-hybridized carbons (Fsp3) is 0.562. The predicted octanol–water partition coefficient (Wildman–Crippen LogP) is 1.69. The Morgan fingerprint density at radius 2 is 2.23 bits per heavy atom. The Morgan fingerprint density at radius 3 is 3.05 bits per heavy atom. The molecule has 0 bridgehead atoms. The van der Waals surface area contributed by atoms with E-state index in [9.17, 15) is 9.18 Å². The van der Waals surface area contributed by atoms with Crippen LogP contribution in [0.3, 0.4) is 0 Å². The predicted molar refractivity (Wildman–Crippen MR) is 83.7 cm³/mol. The van der Waals surface area contributed by atoms with E-state index in [1.165, 1.54) is 12.1 Å². The van der Waals surface area contributed by atoms with Gasteiger partial charge in [0.05, 0.1) is 24.6 Å². The van der Waals surface area contributed by atoms with Crippen molar-refractivity contribution >= 4 is 17.3 Å². The van der Waals surface area contributed by atoms with Crippen LogP contribution in [0.4, 0.5) is 15.8 Å². The van der Waals surface area contributed by atoms with Crippen molar-refractivity contribution < 1.29 is 13.9 Å². The lowest BCUT2D eigenvalue weighted by molar-refractivity contribution is -0.115. The van der Waals surface area contributed by atoms with Crippen LogP contribution in [0.25, 0.3) is 0 Å². The Morgan fingerprint density at radius 1 is 1.36 bits per heavy atom. The molecule has 0 spiro atoms. The number of carbonyl (C=O) groups is 1. The quantitative estimate of drug-likeness (QED) is 0.923. The van der Waals surface area contributed by atoms with Gasteiger partial charge in [0.25, 0.3) is 0 Å². The van der Waals surface area contributed by atoms with E-state index in [2.05, 4.69) is 22.0 Å². The Kier molecular flexibility index (Phi) is 4.59. The number of amides is 1. The highest BCUT2D eigenvalue weighted by atomic mass is 19.1. The molecular weight excluding hydrogens is 285 g/mol. The SMILES string of the molecule is C[C@H]1COCCN1CCN1CCC(=O)Nc2cc(F)ccc21. The number of ether oxygens (including phenoxy) is 1. The fourth-order valence-electron chi connectivity index (χ4n) is 3.03. The van der Waals surface area contributed by atoms with Crippen molar-refractivity contribution in [3.63, 3.8) is 0 Å². The summed E-state index contributed by atoms with van der Waals surface area (Å²) in [6.07, 6.45) is 0.426. The van der Waals surface area contributed by atoms with Crippen LogP contribution >= 0.6 is 0 Å². The molecule has 22 heavy (non-hydrogen) atoms. The van der Waals surface area contributed by atoms with E-state index in [1.54, 1.807) is 6.07 Å². The molecule has 1 aromatic rings. The zero-order valence-electron chi connectivity index (χ0n) is 12.8. The molecule has 120 valence electrons. The summed E-state index contributed by atoms with van der Waals surface area (Å²) in [4.78, 5) is 16.3. The molecule has 1 fully saturated rings. The third-order valence-electron chi connectivity index (χ3n) is 4.34. The molecule has 6 heteroatoms. The number of halogens is 1. The second-order valence-electron chi connectivity index (χ2n) is 5.91. The largest absolute Gasteiger partial charge is 0.379 e. The topological polar surface area (TPSA) is 44.8 Å². The first-order valence-corrected chi connectivity index (χ1v) is 7.79. The lowest BCUT2D eigenvalue weighted by atomic mass is 10.2. The van der Waals surface area contributed by atoms with E-state index in [4.69, 9.17) is 4.74 Å². The smallest absolute Gasteiger partial charge is 0.226 e. The highest BCUT2D eigenvalue weighted by Crippen LogP contribution is 2.29. The van der Waals surface area contributed by atoms with E-state index in [0.717, 1.165) is 38.5 Å². The highest BCUT2D eigenvalue weighted by Gasteiger charge is 2.22. The van der Waals surface area contributed by atoms with Crippen molar-refractivity contribution in [3.8, 4) is 0 Å². The normalized spacial score (nSPS) is 22.9. The maximum absolute atomic E-state index is 13.4. The van der Waals surface area contributed by atoms with Crippen LogP contribution in [0, 0.1) is 5.82 Å². The van der Waals surface area contributed by atoms with E-state index in [0.29, 0.717) is 24.7 Å². The molecule has 0 aromatic heterocycles. The number of benzene rings is 1. The first kappa shape index (κ1) is 15.2. The third-order valence-corrected chi connectivity index (χ3v) is 4.34. The summed E-state index contributed by atoms with van der Waals surface area (Å²) in [5.74, 6) is -0.392. The second kappa shape index (κ2) is 6.62. The monoisotopic (exact) mass is 307 g/mol. The van der Waals surface area contributed by atoms with E-state index in [1.807, 2.05) is 0 Å². The summed E-state index contributed by atoms with van der Waals surface area (Å²) in [5, 5.41) is 2.79. The molecule has 2 aliphatic heterocycles. The van der Waals surface area contributed by atoms with Gasteiger partial charge in [0, 0.05) is 38.6 Å². The minimum atomic E-state index is -0.331. The van der Waals surface area contributed by atoms with Gasteiger partial charge in [0.1, 0.15) is 5.82 Å². The van der Waals surface area contributed by atoms with Crippen molar-refractivity contribution in [2.24, 2.45) is 0 Å². The minimum Gasteiger partial charge on any atom is -0.379 e. The molecule has 2 heterocycles. The molecule has 0 saturated carbocycles. The van der Waals surface area contributed by atoms with Crippen LogP contribution < -0.4 is 10.2 Å². The van der Waals surface area contributed by atoms with E-state index in [-0.39, 0.29) is 11.7 Å². The molecular formula is C16H22FN3O2. The molecule has 1 saturated heterocycles. The summed E-state index contributed by atoms with van der Waals surface area (Å²) >= 11 is 0. The van der Waals surface area contributed by atoms with Crippen LogP contribution in [-0.4, -0.2) is 56.2 Å². The minimum absolute atomic E-state index is 0.0610. The van der Waals surface area contributed by atoms with Crippen molar-refractivity contribution in [1.82, 2.24) is 4.90 Å². The molecule has 0 aliphatic carbocycles. The molecule has 3 rings (SSSR count). The number of anilines is 2. The van der Waals surface area contributed by atoms with Crippen molar-refractivity contribution in [1.29, 1.82) is 0 Å². The number of nitrogens with one attached hydrogen (secondary N) is 1. The lowest BCUT2D eigenvalue weighted by Gasteiger charge is -2.35. The number of hydrogen-bond donors (Lipinski definition) is 1. The van der Waals surface area contributed by atoms with Crippen LogP contribution in [0.15, 0.2) is 18.2 Å². The van der Waals surface area contributed by atoms with Gasteiger partial charge in [-0.3, -0.25) is 9.69 Å². The number of carbonyl (C=O) groups excluding carboxylic acids is 1. The summed E-state index contributed by atoms with van der Waals surface area (Å²) in [7, 11) is 0.